The fourth-order valence-electron chi connectivity index (χ4n) is 1.36. The maximum absolute atomic E-state index is 4.21. The van der Waals surface area contributed by atoms with Crippen LogP contribution in [0.2, 0.25) is 0 Å². The van der Waals surface area contributed by atoms with Gasteiger partial charge in [0.15, 0.2) is 0 Å². The molecule has 2 N–H and O–H groups in total. The summed E-state index contributed by atoms with van der Waals surface area (Å²) in [6.45, 7) is 3.67. The number of hydrogen-bond acceptors (Lipinski definition) is 6. The molecular formula is C11H14BrN5S. The fraction of sp³-hybridized carbons (Fsp3) is 0.364. The predicted molar refractivity (Wildman–Crippen MR) is 78.0 cm³/mol. The standard InChI is InChI=1S/C11H14BrN5S/c1-2-3-14-10-9(12)11(17-7-16-10)15-6-8-13-4-5-18-8/h4-5,7H,2-3,6H2,1H3,(H2,14,15,16,17). The Labute approximate surface area is 118 Å². The third kappa shape index (κ3) is 3.39. The summed E-state index contributed by atoms with van der Waals surface area (Å²) in [6.07, 6.45) is 4.40. The zero-order valence-electron chi connectivity index (χ0n) is 9.98. The highest BCUT2D eigenvalue weighted by atomic mass is 79.9. The van der Waals surface area contributed by atoms with Crippen molar-refractivity contribution in [1.29, 1.82) is 0 Å². The summed E-state index contributed by atoms with van der Waals surface area (Å²) in [5.74, 6) is 1.59. The largest absolute Gasteiger partial charge is 0.369 e. The quantitative estimate of drug-likeness (QED) is 0.853. The highest BCUT2D eigenvalue weighted by molar-refractivity contribution is 9.10. The van der Waals surface area contributed by atoms with Gasteiger partial charge in [0.1, 0.15) is 27.4 Å². The summed E-state index contributed by atoms with van der Waals surface area (Å²) in [4.78, 5) is 12.6. The molecule has 2 aromatic rings. The lowest BCUT2D eigenvalue weighted by atomic mass is 10.4. The molecule has 2 heterocycles. The molecule has 0 aliphatic rings. The Bertz CT molecular complexity index is 488. The van der Waals surface area contributed by atoms with Crippen LogP contribution in [-0.2, 0) is 6.54 Å². The molecule has 2 aromatic heterocycles. The van der Waals surface area contributed by atoms with E-state index in [4.69, 9.17) is 0 Å². The average molecular weight is 328 g/mol. The number of anilines is 2. The van der Waals surface area contributed by atoms with E-state index in [1.54, 1.807) is 23.9 Å². The van der Waals surface area contributed by atoms with E-state index in [9.17, 15) is 0 Å². The first-order valence-electron chi connectivity index (χ1n) is 5.68. The maximum atomic E-state index is 4.21. The van der Waals surface area contributed by atoms with Crippen molar-refractivity contribution in [3.63, 3.8) is 0 Å². The molecule has 0 saturated heterocycles. The minimum Gasteiger partial charge on any atom is -0.369 e. The van der Waals surface area contributed by atoms with Gasteiger partial charge >= 0.3 is 0 Å². The van der Waals surface area contributed by atoms with Crippen LogP contribution >= 0.6 is 27.3 Å². The first kappa shape index (κ1) is 13.2. The van der Waals surface area contributed by atoms with Crippen LogP contribution in [0.3, 0.4) is 0 Å². The van der Waals surface area contributed by atoms with Gasteiger partial charge in [-0.25, -0.2) is 15.0 Å². The van der Waals surface area contributed by atoms with Crippen molar-refractivity contribution >= 4 is 38.9 Å². The molecule has 0 aliphatic heterocycles. The molecule has 96 valence electrons. The summed E-state index contributed by atoms with van der Waals surface area (Å²) < 4.78 is 0.856. The van der Waals surface area contributed by atoms with E-state index >= 15 is 0 Å². The molecule has 0 aromatic carbocycles. The topological polar surface area (TPSA) is 62.7 Å². The smallest absolute Gasteiger partial charge is 0.146 e. The summed E-state index contributed by atoms with van der Waals surface area (Å²) in [5, 5.41) is 9.48. The van der Waals surface area contributed by atoms with Gasteiger partial charge in [-0.2, -0.15) is 0 Å². The Hall–Kier alpha value is -1.21. The third-order valence-electron chi connectivity index (χ3n) is 2.22. The second-order valence-electron chi connectivity index (χ2n) is 3.59. The van der Waals surface area contributed by atoms with Crippen LogP contribution in [0.5, 0.6) is 0 Å². The van der Waals surface area contributed by atoms with Crippen molar-refractivity contribution in [1.82, 2.24) is 15.0 Å². The molecule has 0 spiro atoms. The number of halogens is 1. The average Bonchev–Trinajstić information content (AvgIpc) is 2.89. The fourth-order valence-corrected chi connectivity index (χ4v) is 2.40. The van der Waals surface area contributed by atoms with Gasteiger partial charge < -0.3 is 10.6 Å². The maximum Gasteiger partial charge on any atom is 0.146 e. The van der Waals surface area contributed by atoms with Gasteiger partial charge in [0.2, 0.25) is 0 Å². The van der Waals surface area contributed by atoms with E-state index in [1.807, 2.05) is 5.38 Å². The van der Waals surface area contributed by atoms with Gasteiger partial charge in [-0.1, -0.05) is 6.92 Å². The van der Waals surface area contributed by atoms with E-state index in [0.29, 0.717) is 6.54 Å². The number of nitrogens with zero attached hydrogens (tertiary/aromatic N) is 3. The lowest BCUT2D eigenvalue weighted by molar-refractivity contribution is 0.959. The zero-order valence-corrected chi connectivity index (χ0v) is 12.4. The van der Waals surface area contributed by atoms with Gasteiger partial charge in [0.25, 0.3) is 0 Å². The molecule has 0 unspecified atom stereocenters. The SMILES string of the molecule is CCCNc1ncnc(NCc2nccs2)c1Br. The second kappa shape index (κ2) is 6.65. The van der Waals surface area contributed by atoms with Crippen LogP contribution in [0.15, 0.2) is 22.4 Å². The van der Waals surface area contributed by atoms with Gasteiger partial charge in [0.05, 0.1) is 6.54 Å². The molecule has 0 radical (unpaired) electrons. The molecule has 0 bridgehead atoms. The molecule has 0 saturated carbocycles. The third-order valence-corrected chi connectivity index (χ3v) is 3.75. The number of aromatic nitrogens is 3. The first-order valence-corrected chi connectivity index (χ1v) is 7.35. The number of rotatable bonds is 6. The Morgan fingerprint density at radius 2 is 2.00 bits per heavy atom. The molecule has 2 rings (SSSR count). The van der Waals surface area contributed by atoms with E-state index in [-0.39, 0.29) is 0 Å². The molecule has 0 amide bonds. The molecule has 18 heavy (non-hydrogen) atoms. The van der Waals surface area contributed by atoms with Crippen LogP contribution in [-0.4, -0.2) is 21.5 Å². The Balaban J connectivity index is 2.03. The lowest BCUT2D eigenvalue weighted by Crippen LogP contribution is -2.07. The van der Waals surface area contributed by atoms with Crippen LogP contribution in [0.1, 0.15) is 18.4 Å². The Kier molecular flexibility index (Phi) is 4.89. The Morgan fingerprint density at radius 3 is 2.67 bits per heavy atom. The summed E-state index contributed by atoms with van der Waals surface area (Å²) >= 11 is 5.13. The molecule has 5 nitrogen and oxygen atoms in total. The van der Waals surface area contributed by atoms with Gasteiger partial charge in [-0.05, 0) is 22.4 Å². The summed E-state index contributed by atoms with van der Waals surface area (Å²) in [7, 11) is 0. The molecule has 0 fully saturated rings. The minimum atomic E-state index is 0.667. The summed E-state index contributed by atoms with van der Waals surface area (Å²) in [5.41, 5.74) is 0. The Morgan fingerprint density at radius 1 is 1.22 bits per heavy atom. The number of thiazole rings is 1. The van der Waals surface area contributed by atoms with Crippen molar-refractivity contribution in [2.75, 3.05) is 17.2 Å². The van der Waals surface area contributed by atoms with Crippen LogP contribution in [0.4, 0.5) is 11.6 Å². The van der Waals surface area contributed by atoms with Crippen molar-refractivity contribution in [3.8, 4) is 0 Å². The van der Waals surface area contributed by atoms with Crippen molar-refractivity contribution < 1.29 is 0 Å². The number of nitrogens with one attached hydrogen (secondary N) is 2. The van der Waals surface area contributed by atoms with Crippen molar-refractivity contribution in [2.24, 2.45) is 0 Å². The monoisotopic (exact) mass is 327 g/mol. The molecule has 0 atom stereocenters. The van der Waals surface area contributed by atoms with Crippen LogP contribution in [0.25, 0.3) is 0 Å². The molecule has 7 heteroatoms. The predicted octanol–water partition coefficient (Wildman–Crippen LogP) is 3.13. The van der Waals surface area contributed by atoms with Crippen molar-refractivity contribution in [3.05, 3.63) is 27.4 Å². The van der Waals surface area contributed by atoms with Gasteiger partial charge in [-0.3, -0.25) is 0 Å². The zero-order chi connectivity index (χ0) is 12.8. The molecular weight excluding hydrogens is 314 g/mol. The van der Waals surface area contributed by atoms with Crippen LogP contribution in [0, 0.1) is 0 Å². The van der Waals surface area contributed by atoms with E-state index in [0.717, 1.165) is 34.1 Å². The first-order chi connectivity index (χ1) is 8.81. The van der Waals surface area contributed by atoms with E-state index in [1.165, 1.54) is 0 Å². The normalized spacial score (nSPS) is 10.3. The minimum absolute atomic E-state index is 0.667. The highest BCUT2D eigenvalue weighted by Crippen LogP contribution is 2.26. The van der Waals surface area contributed by atoms with Crippen LogP contribution < -0.4 is 10.6 Å². The van der Waals surface area contributed by atoms with E-state index in [2.05, 4.69) is 48.4 Å². The van der Waals surface area contributed by atoms with Gasteiger partial charge in [0, 0.05) is 18.1 Å². The highest BCUT2D eigenvalue weighted by Gasteiger charge is 2.08. The van der Waals surface area contributed by atoms with Gasteiger partial charge in [-0.15, -0.1) is 11.3 Å². The lowest BCUT2D eigenvalue weighted by Gasteiger charge is -2.10. The second-order valence-corrected chi connectivity index (χ2v) is 5.36. The molecule has 0 aliphatic carbocycles. The van der Waals surface area contributed by atoms with Crippen molar-refractivity contribution in [2.45, 2.75) is 19.9 Å². The number of hydrogen-bond donors (Lipinski definition) is 2. The summed E-state index contributed by atoms with van der Waals surface area (Å²) in [6, 6.07) is 0. The van der Waals surface area contributed by atoms with E-state index < -0.39 is 0 Å².